The molecule has 3 N–H and O–H groups in total. The fourth-order valence-electron chi connectivity index (χ4n) is 1.75. The van der Waals surface area contributed by atoms with Crippen molar-refractivity contribution >= 4 is 0 Å². The summed E-state index contributed by atoms with van der Waals surface area (Å²) in [7, 11) is 0. The van der Waals surface area contributed by atoms with Gasteiger partial charge in [0.05, 0.1) is 0 Å². The first kappa shape index (κ1) is 10.7. The molecule has 0 bridgehead atoms. The monoisotopic (exact) mass is 184 g/mol. The molecule has 0 aromatic carbocycles. The number of hydrogen-bond acceptors (Lipinski definition) is 3. The predicted molar refractivity (Wildman–Crippen MR) is 54.1 cm³/mol. The fraction of sp³-hybridized carbons (Fsp3) is 0.800. The van der Waals surface area contributed by atoms with E-state index in [4.69, 9.17) is 10.6 Å². The zero-order chi connectivity index (χ0) is 9.68. The number of nitrogens with two attached hydrogens (primary N) is 1. The number of nitrogens with one attached hydrogen (secondary N) is 1. The molecule has 1 aliphatic heterocycles. The maximum absolute atomic E-state index is 5.52. The van der Waals surface area contributed by atoms with Gasteiger partial charge in [-0.2, -0.15) is 0 Å². The summed E-state index contributed by atoms with van der Waals surface area (Å²) in [6.07, 6.45) is 4.42. The van der Waals surface area contributed by atoms with Gasteiger partial charge in [-0.3, -0.25) is 11.3 Å². The molecule has 1 unspecified atom stereocenters. The van der Waals surface area contributed by atoms with Crippen molar-refractivity contribution in [2.75, 3.05) is 13.2 Å². The molecule has 1 rings (SSSR count). The quantitative estimate of drug-likeness (QED) is 0.394. The van der Waals surface area contributed by atoms with Gasteiger partial charge in [0.2, 0.25) is 0 Å². The highest BCUT2D eigenvalue weighted by molar-refractivity contribution is 5.02. The lowest BCUT2D eigenvalue weighted by molar-refractivity contribution is 0.0591. The summed E-state index contributed by atoms with van der Waals surface area (Å²) in [5.74, 6) is 6.15. The highest BCUT2D eigenvalue weighted by Crippen LogP contribution is 2.19. The summed E-state index contributed by atoms with van der Waals surface area (Å²) in [6.45, 7) is 5.95. The number of hydrogen-bond donors (Lipinski definition) is 2. The molecule has 1 fully saturated rings. The van der Waals surface area contributed by atoms with Crippen molar-refractivity contribution < 1.29 is 4.74 Å². The Morgan fingerprint density at radius 1 is 1.46 bits per heavy atom. The van der Waals surface area contributed by atoms with Gasteiger partial charge in [-0.1, -0.05) is 11.6 Å². The zero-order valence-electron chi connectivity index (χ0n) is 8.55. The molecule has 0 aliphatic carbocycles. The predicted octanol–water partition coefficient (Wildman–Crippen LogP) is 1.21. The van der Waals surface area contributed by atoms with Crippen LogP contribution >= 0.6 is 0 Å². The van der Waals surface area contributed by atoms with Gasteiger partial charge in [-0.25, -0.2) is 0 Å². The molecular formula is C10H20N2O. The molecule has 0 aromatic heterocycles. The molecule has 1 heterocycles. The van der Waals surface area contributed by atoms with E-state index < -0.39 is 0 Å². The molecule has 13 heavy (non-hydrogen) atoms. The van der Waals surface area contributed by atoms with Crippen molar-refractivity contribution in [2.45, 2.75) is 32.7 Å². The molecule has 1 atom stereocenters. The highest BCUT2D eigenvalue weighted by Gasteiger charge is 2.20. The number of hydrazine groups is 1. The van der Waals surface area contributed by atoms with Crippen LogP contribution in [-0.4, -0.2) is 19.3 Å². The maximum Gasteiger partial charge on any atom is 0.0469 e. The third-order valence-corrected chi connectivity index (χ3v) is 2.48. The van der Waals surface area contributed by atoms with E-state index in [0.29, 0.717) is 12.0 Å². The molecule has 1 saturated heterocycles. The van der Waals surface area contributed by atoms with Gasteiger partial charge in [0.25, 0.3) is 0 Å². The van der Waals surface area contributed by atoms with Crippen LogP contribution < -0.4 is 11.3 Å². The van der Waals surface area contributed by atoms with Crippen LogP contribution in [0.4, 0.5) is 0 Å². The van der Waals surface area contributed by atoms with Crippen LogP contribution in [0.15, 0.2) is 11.6 Å². The zero-order valence-corrected chi connectivity index (χ0v) is 8.55. The van der Waals surface area contributed by atoms with Crippen LogP contribution in [0.1, 0.15) is 26.7 Å². The van der Waals surface area contributed by atoms with Crippen LogP contribution in [-0.2, 0) is 4.74 Å². The van der Waals surface area contributed by atoms with Gasteiger partial charge in [0, 0.05) is 19.3 Å². The molecule has 1 aliphatic rings. The van der Waals surface area contributed by atoms with Crippen LogP contribution in [0.2, 0.25) is 0 Å². The van der Waals surface area contributed by atoms with Crippen LogP contribution in [0, 0.1) is 5.92 Å². The van der Waals surface area contributed by atoms with Gasteiger partial charge < -0.3 is 4.74 Å². The number of rotatable bonds is 3. The second kappa shape index (κ2) is 5.37. The topological polar surface area (TPSA) is 47.3 Å². The van der Waals surface area contributed by atoms with Gasteiger partial charge in [-0.05, 0) is 32.6 Å². The third-order valence-electron chi connectivity index (χ3n) is 2.48. The smallest absolute Gasteiger partial charge is 0.0469 e. The van der Waals surface area contributed by atoms with E-state index in [-0.39, 0.29) is 0 Å². The molecule has 0 saturated carbocycles. The molecular weight excluding hydrogens is 164 g/mol. The van der Waals surface area contributed by atoms with E-state index in [1.807, 2.05) is 0 Å². The summed E-state index contributed by atoms with van der Waals surface area (Å²) >= 11 is 0. The van der Waals surface area contributed by atoms with Crippen molar-refractivity contribution in [3.05, 3.63) is 11.6 Å². The second-order valence-electron chi connectivity index (χ2n) is 3.89. The minimum Gasteiger partial charge on any atom is -0.381 e. The average molecular weight is 184 g/mol. The molecule has 0 amide bonds. The van der Waals surface area contributed by atoms with Crippen molar-refractivity contribution in [3.8, 4) is 0 Å². The Bertz CT molecular complexity index is 170. The molecule has 3 nitrogen and oxygen atoms in total. The van der Waals surface area contributed by atoms with E-state index in [0.717, 1.165) is 26.1 Å². The standard InChI is InChI=1S/C10H20N2O/c1-8(2)7-10(12-11)9-3-5-13-6-4-9/h7,9-10,12H,3-6,11H2,1-2H3. The largest absolute Gasteiger partial charge is 0.381 e. The van der Waals surface area contributed by atoms with E-state index >= 15 is 0 Å². The SMILES string of the molecule is CC(C)=CC(NN)C1CCOCC1. The molecule has 0 radical (unpaired) electrons. The average Bonchev–Trinajstić information content (AvgIpc) is 2.15. The van der Waals surface area contributed by atoms with Gasteiger partial charge in [-0.15, -0.1) is 0 Å². The fourth-order valence-corrected chi connectivity index (χ4v) is 1.75. The lowest BCUT2D eigenvalue weighted by Gasteiger charge is -2.28. The van der Waals surface area contributed by atoms with Gasteiger partial charge >= 0.3 is 0 Å². The summed E-state index contributed by atoms with van der Waals surface area (Å²) in [5, 5.41) is 0. The normalized spacial score (nSPS) is 21.2. The van der Waals surface area contributed by atoms with Gasteiger partial charge in [0.1, 0.15) is 0 Å². The van der Waals surface area contributed by atoms with Crippen LogP contribution in [0.25, 0.3) is 0 Å². The first-order valence-corrected chi connectivity index (χ1v) is 4.93. The first-order valence-electron chi connectivity index (χ1n) is 4.93. The minimum atomic E-state index is 0.314. The van der Waals surface area contributed by atoms with E-state index in [2.05, 4.69) is 25.3 Å². The molecule has 76 valence electrons. The molecule has 0 aromatic rings. The Kier molecular flexibility index (Phi) is 4.42. The summed E-state index contributed by atoms with van der Waals surface area (Å²) in [5.41, 5.74) is 4.19. The maximum atomic E-state index is 5.52. The van der Waals surface area contributed by atoms with Gasteiger partial charge in [0.15, 0.2) is 0 Å². The lowest BCUT2D eigenvalue weighted by Crippen LogP contribution is -2.41. The first-order chi connectivity index (χ1) is 6.24. The van der Waals surface area contributed by atoms with Crippen LogP contribution in [0.3, 0.4) is 0 Å². The second-order valence-corrected chi connectivity index (χ2v) is 3.89. The Morgan fingerprint density at radius 2 is 2.08 bits per heavy atom. The third kappa shape index (κ3) is 3.46. The Morgan fingerprint density at radius 3 is 2.54 bits per heavy atom. The van der Waals surface area contributed by atoms with E-state index in [1.165, 1.54) is 5.57 Å². The number of allylic oxidation sites excluding steroid dienone is 1. The summed E-state index contributed by atoms with van der Waals surface area (Å²) in [4.78, 5) is 0. The molecule has 3 heteroatoms. The summed E-state index contributed by atoms with van der Waals surface area (Å²) < 4.78 is 5.31. The van der Waals surface area contributed by atoms with E-state index in [9.17, 15) is 0 Å². The van der Waals surface area contributed by atoms with Crippen molar-refractivity contribution in [1.82, 2.24) is 5.43 Å². The number of ether oxygens (including phenoxy) is 1. The lowest BCUT2D eigenvalue weighted by atomic mass is 9.91. The van der Waals surface area contributed by atoms with Crippen molar-refractivity contribution in [3.63, 3.8) is 0 Å². The van der Waals surface area contributed by atoms with Crippen LogP contribution in [0.5, 0.6) is 0 Å². The van der Waals surface area contributed by atoms with Crippen molar-refractivity contribution in [1.29, 1.82) is 0 Å². The Labute approximate surface area is 80.3 Å². The summed E-state index contributed by atoms with van der Waals surface area (Å²) in [6, 6.07) is 0.314. The Balaban J connectivity index is 2.49. The van der Waals surface area contributed by atoms with Crippen molar-refractivity contribution in [2.24, 2.45) is 11.8 Å². The highest BCUT2D eigenvalue weighted by atomic mass is 16.5. The minimum absolute atomic E-state index is 0.314. The molecule has 0 spiro atoms. The van der Waals surface area contributed by atoms with E-state index in [1.54, 1.807) is 0 Å². The Hall–Kier alpha value is -0.380.